The number of nitrogens with two attached hydrogens (primary N) is 1. The minimum absolute atomic E-state index is 0.519. The van der Waals surface area contributed by atoms with Crippen LogP contribution in [0.2, 0.25) is 0 Å². The third-order valence-corrected chi connectivity index (χ3v) is 5.70. The van der Waals surface area contributed by atoms with Gasteiger partial charge >= 0.3 is 0 Å². The molecular formula is C16H29N3. The summed E-state index contributed by atoms with van der Waals surface area (Å²) in [6.45, 7) is 2.28. The standard InChI is InChI=1S/C16H29N3/c17-15(18-14-6-2-3-7-14)19-12-10-16(11-13-19)8-4-1-5-9-16/h14H,1-13H2,(H2,17,18). The summed E-state index contributed by atoms with van der Waals surface area (Å²) in [5, 5.41) is 0. The minimum atomic E-state index is 0.519. The minimum Gasteiger partial charge on any atom is -0.370 e. The van der Waals surface area contributed by atoms with E-state index in [1.165, 1.54) is 70.6 Å². The summed E-state index contributed by atoms with van der Waals surface area (Å²) in [6.07, 6.45) is 15.1. The molecule has 0 aromatic heterocycles. The highest BCUT2D eigenvalue weighted by molar-refractivity contribution is 5.78. The van der Waals surface area contributed by atoms with Crippen molar-refractivity contribution in [2.45, 2.75) is 76.7 Å². The van der Waals surface area contributed by atoms with E-state index in [1.807, 2.05) is 0 Å². The molecule has 3 heteroatoms. The van der Waals surface area contributed by atoms with Crippen LogP contribution in [0.4, 0.5) is 0 Å². The molecular weight excluding hydrogens is 234 g/mol. The smallest absolute Gasteiger partial charge is 0.191 e. The van der Waals surface area contributed by atoms with Crippen molar-refractivity contribution in [3.63, 3.8) is 0 Å². The lowest BCUT2D eigenvalue weighted by Gasteiger charge is -2.44. The zero-order chi connectivity index (χ0) is 13.1. The summed E-state index contributed by atoms with van der Waals surface area (Å²) in [4.78, 5) is 7.10. The van der Waals surface area contributed by atoms with Gasteiger partial charge in [0.05, 0.1) is 6.04 Å². The van der Waals surface area contributed by atoms with Gasteiger partial charge in [0.15, 0.2) is 5.96 Å². The Labute approximate surface area is 117 Å². The molecule has 0 aromatic carbocycles. The molecule has 3 fully saturated rings. The highest BCUT2D eigenvalue weighted by atomic mass is 15.3. The van der Waals surface area contributed by atoms with Gasteiger partial charge < -0.3 is 10.6 Å². The van der Waals surface area contributed by atoms with E-state index >= 15 is 0 Å². The van der Waals surface area contributed by atoms with Crippen molar-refractivity contribution in [3.05, 3.63) is 0 Å². The monoisotopic (exact) mass is 263 g/mol. The molecule has 3 nitrogen and oxygen atoms in total. The second kappa shape index (κ2) is 5.72. The summed E-state index contributed by atoms with van der Waals surface area (Å²) in [7, 11) is 0. The van der Waals surface area contributed by atoms with Crippen LogP contribution in [0.15, 0.2) is 4.99 Å². The molecule has 0 amide bonds. The zero-order valence-electron chi connectivity index (χ0n) is 12.2. The van der Waals surface area contributed by atoms with Crippen molar-refractivity contribution in [1.82, 2.24) is 4.90 Å². The summed E-state index contributed by atoms with van der Waals surface area (Å²) in [5.41, 5.74) is 6.89. The molecule has 1 saturated heterocycles. The van der Waals surface area contributed by atoms with E-state index in [2.05, 4.69) is 4.90 Å². The Balaban J connectivity index is 1.54. The van der Waals surface area contributed by atoms with Crippen molar-refractivity contribution in [3.8, 4) is 0 Å². The molecule has 0 radical (unpaired) electrons. The third-order valence-electron chi connectivity index (χ3n) is 5.70. The predicted molar refractivity (Wildman–Crippen MR) is 80.2 cm³/mol. The van der Waals surface area contributed by atoms with Gasteiger partial charge in [-0.2, -0.15) is 0 Å². The van der Waals surface area contributed by atoms with Crippen LogP contribution in [0.1, 0.15) is 70.6 Å². The quantitative estimate of drug-likeness (QED) is 0.582. The molecule has 0 atom stereocenters. The fraction of sp³-hybridized carbons (Fsp3) is 0.938. The van der Waals surface area contributed by atoms with Crippen molar-refractivity contribution in [2.24, 2.45) is 16.1 Å². The number of guanidine groups is 1. The summed E-state index contributed by atoms with van der Waals surface area (Å²) < 4.78 is 0. The van der Waals surface area contributed by atoms with Crippen LogP contribution in [0.5, 0.6) is 0 Å². The highest BCUT2D eigenvalue weighted by Crippen LogP contribution is 2.44. The summed E-state index contributed by atoms with van der Waals surface area (Å²) >= 11 is 0. The van der Waals surface area contributed by atoms with Crippen LogP contribution < -0.4 is 5.73 Å². The van der Waals surface area contributed by atoms with E-state index in [0.717, 1.165) is 19.0 Å². The maximum Gasteiger partial charge on any atom is 0.191 e. The van der Waals surface area contributed by atoms with Gasteiger partial charge in [-0.05, 0) is 43.9 Å². The Bertz CT molecular complexity index is 315. The van der Waals surface area contributed by atoms with Gasteiger partial charge in [-0.1, -0.05) is 32.1 Å². The van der Waals surface area contributed by atoms with E-state index in [4.69, 9.17) is 10.7 Å². The van der Waals surface area contributed by atoms with Crippen molar-refractivity contribution in [2.75, 3.05) is 13.1 Å². The first-order valence-corrected chi connectivity index (χ1v) is 8.36. The van der Waals surface area contributed by atoms with Crippen LogP contribution in [0, 0.1) is 5.41 Å². The van der Waals surface area contributed by atoms with Crippen molar-refractivity contribution < 1.29 is 0 Å². The number of hydrogen-bond acceptors (Lipinski definition) is 1. The number of nitrogens with zero attached hydrogens (tertiary/aromatic N) is 2. The van der Waals surface area contributed by atoms with Gasteiger partial charge in [-0.25, -0.2) is 4.99 Å². The molecule has 2 aliphatic carbocycles. The SMILES string of the molecule is NC(=NC1CCCC1)N1CCC2(CCCCC2)CC1. The van der Waals surface area contributed by atoms with Gasteiger partial charge in [-0.15, -0.1) is 0 Å². The van der Waals surface area contributed by atoms with E-state index in [-0.39, 0.29) is 0 Å². The van der Waals surface area contributed by atoms with Gasteiger partial charge in [0.25, 0.3) is 0 Å². The predicted octanol–water partition coefficient (Wildman–Crippen LogP) is 3.29. The summed E-state index contributed by atoms with van der Waals surface area (Å²) in [5.74, 6) is 0.831. The Morgan fingerprint density at radius 1 is 0.895 bits per heavy atom. The fourth-order valence-corrected chi connectivity index (χ4v) is 4.31. The number of aliphatic imine (C=N–C) groups is 1. The number of likely N-dealkylation sites (tertiary alicyclic amines) is 1. The Kier molecular flexibility index (Phi) is 3.99. The topological polar surface area (TPSA) is 41.6 Å². The van der Waals surface area contributed by atoms with Gasteiger partial charge in [0.2, 0.25) is 0 Å². The Morgan fingerprint density at radius 3 is 2.16 bits per heavy atom. The lowest BCUT2D eigenvalue weighted by Crippen LogP contribution is -2.47. The Morgan fingerprint density at radius 2 is 1.53 bits per heavy atom. The van der Waals surface area contributed by atoms with E-state index in [1.54, 1.807) is 0 Å². The van der Waals surface area contributed by atoms with Gasteiger partial charge in [-0.3, -0.25) is 0 Å². The lowest BCUT2D eigenvalue weighted by atomic mass is 9.68. The normalized spacial score (nSPS) is 29.1. The van der Waals surface area contributed by atoms with Crippen LogP contribution in [-0.2, 0) is 0 Å². The molecule has 1 aliphatic heterocycles. The molecule has 3 aliphatic rings. The van der Waals surface area contributed by atoms with Crippen LogP contribution in [0.3, 0.4) is 0 Å². The summed E-state index contributed by atoms with van der Waals surface area (Å²) in [6, 6.07) is 0.519. The van der Waals surface area contributed by atoms with E-state index in [9.17, 15) is 0 Å². The third kappa shape index (κ3) is 3.06. The molecule has 0 bridgehead atoms. The van der Waals surface area contributed by atoms with Crippen molar-refractivity contribution >= 4 is 5.96 Å². The largest absolute Gasteiger partial charge is 0.370 e. The van der Waals surface area contributed by atoms with Crippen LogP contribution >= 0.6 is 0 Å². The van der Waals surface area contributed by atoms with E-state index in [0.29, 0.717) is 11.5 Å². The zero-order valence-corrected chi connectivity index (χ0v) is 12.2. The van der Waals surface area contributed by atoms with Gasteiger partial charge in [0.1, 0.15) is 0 Å². The van der Waals surface area contributed by atoms with Crippen LogP contribution in [0.25, 0.3) is 0 Å². The molecule has 19 heavy (non-hydrogen) atoms. The molecule has 2 N–H and O–H groups in total. The second-order valence-electron chi connectivity index (χ2n) is 6.97. The molecule has 1 heterocycles. The molecule has 2 saturated carbocycles. The average Bonchev–Trinajstić information content (AvgIpc) is 2.93. The van der Waals surface area contributed by atoms with Crippen molar-refractivity contribution in [1.29, 1.82) is 0 Å². The highest BCUT2D eigenvalue weighted by Gasteiger charge is 2.35. The Hall–Kier alpha value is -0.730. The number of piperidine rings is 1. The number of rotatable bonds is 1. The maximum atomic E-state index is 6.22. The molecule has 108 valence electrons. The van der Waals surface area contributed by atoms with Crippen LogP contribution in [-0.4, -0.2) is 30.0 Å². The molecule has 0 aromatic rings. The molecule has 1 spiro atoms. The molecule has 0 unspecified atom stereocenters. The second-order valence-corrected chi connectivity index (χ2v) is 6.97. The fourth-order valence-electron chi connectivity index (χ4n) is 4.31. The average molecular weight is 263 g/mol. The first-order chi connectivity index (χ1) is 9.27. The maximum absolute atomic E-state index is 6.22. The first kappa shape index (κ1) is 13.3. The first-order valence-electron chi connectivity index (χ1n) is 8.36. The lowest BCUT2D eigenvalue weighted by molar-refractivity contribution is 0.0971. The van der Waals surface area contributed by atoms with Gasteiger partial charge in [0, 0.05) is 13.1 Å². The number of hydrogen-bond donors (Lipinski definition) is 1. The van der Waals surface area contributed by atoms with E-state index < -0.39 is 0 Å². The molecule has 3 rings (SSSR count).